The molecule has 29 heavy (non-hydrogen) atoms. The van der Waals surface area contributed by atoms with Gasteiger partial charge < -0.3 is 14.7 Å². The molecular weight excluding hydrogens is 388 g/mol. The van der Waals surface area contributed by atoms with Crippen LogP contribution in [0.3, 0.4) is 0 Å². The van der Waals surface area contributed by atoms with Crippen LogP contribution in [0, 0.1) is 6.92 Å². The van der Waals surface area contributed by atoms with E-state index < -0.39 is 0 Å². The maximum Gasteiger partial charge on any atom is 0.254 e. The standard InChI is InChI=1S/C21H24N4O3S/c1-15-14-29-18(22-15)13-20(27)23-8-10-24(11-9-23)21(28)16-4-2-5-17(12-16)25-7-3-6-19(25)26/h2,4-5,12,14H,3,6-11,13H2,1H3. The van der Waals surface area contributed by atoms with Gasteiger partial charge in [-0.25, -0.2) is 4.98 Å². The minimum Gasteiger partial charge on any atom is -0.339 e. The van der Waals surface area contributed by atoms with Gasteiger partial charge in [-0.2, -0.15) is 0 Å². The highest BCUT2D eigenvalue weighted by atomic mass is 32.1. The average molecular weight is 413 g/mol. The van der Waals surface area contributed by atoms with Gasteiger partial charge in [-0.1, -0.05) is 6.07 Å². The lowest BCUT2D eigenvalue weighted by Crippen LogP contribution is -2.51. The number of rotatable bonds is 4. The maximum absolute atomic E-state index is 12.9. The Morgan fingerprint density at radius 2 is 1.86 bits per heavy atom. The summed E-state index contributed by atoms with van der Waals surface area (Å²) in [5.74, 6) is 0.110. The van der Waals surface area contributed by atoms with Gasteiger partial charge in [0.15, 0.2) is 0 Å². The summed E-state index contributed by atoms with van der Waals surface area (Å²) in [5, 5.41) is 2.78. The number of carbonyl (C=O) groups is 3. The SMILES string of the molecule is Cc1csc(CC(=O)N2CCN(C(=O)c3cccc(N4CCCC4=O)c3)CC2)n1. The third-order valence-corrected chi connectivity index (χ3v) is 6.33. The Balaban J connectivity index is 1.35. The van der Waals surface area contributed by atoms with Gasteiger partial charge in [-0.05, 0) is 31.5 Å². The van der Waals surface area contributed by atoms with Crippen LogP contribution in [-0.2, 0) is 16.0 Å². The molecular formula is C21H24N4O3S. The van der Waals surface area contributed by atoms with E-state index in [-0.39, 0.29) is 17.7 Å². The summed E-state index contributed by atoms with van der Waals surface area (Å²) >= 11 is 1.51. The average Bonchev–Trinajstić information content (AvgIpc) is 3.35. The number of aryl methyl sites for hydroxylation is 1. The van der Waals surface area contributed by atoms with Crippen molar-refractivity contribution in [1.29, 1.82) is 0 Å². The highest BCUT2D eigenvalue weighted by Gasteiger charge is 2.27. The summed E-state index contributed by atoms with van der Waals surface area (Å²) in [5.41, 5.74) is 2.30. The fourth-order valence-corrected chi connectivity index (χ4v) is 4.56. The fourth-order valence-electron chi connectivity index (χ4n) is 3.79. The number of thiazole rings is 1. The van der Waals surface area contributed by atoms with Crippen LogP contribution in [0.1, 0.15) is 33.9 Å². The van der Waals surface area contributed by atoms with Gasteiger partial charge in [0.25, 0.3) is 5.91 Å². The number of amides is 3. The van der Waals surface area contributed by atoms with E-state index in [1.807, 2.05) is 24.4 Å². The van der Waals surface area contributed by atoms with Gasteiger partial charge >= 0.3 is 0 Å². The topological polar surface area (TPSA) is 73.8 Å². The van der Waals surface area contributed by atoms with Crippen molar-refractivity contribution in [3.8, 4) is 0 Å². The molecule has 0 N–H and O–H groups in total. The molecule has 0 unspecified atom stereocenters. The monoisotopic (exact) mass is 412 g/mol. The van der Waals surface area contributed by atoms with E-state index >= 15 is 0 Å². The van der Waals surface area contributed by atoms with E-state index in [1.165, 1.54) is 11.3 Å². The normalized spacial score (nSPS) is 17.1. The van der Waals surface area contributed by atoms with Crippen molar-refractivity contribution in [3.05, 3.63) is 45.9 Å². The lowest BCUT2D eigenvalue weighted by Gasteiger charge is -2.35. The molecule has 2 fully saturated rings. The number of hydrogen-bond donors (Lipinski definition) is 0. The van der Waals surface area contributed by atoms with Crippen molar-refractivity contribution in [1.82, 2.24) is 14.8 Å². The Morgan fingerprint density at radius 3 is 2.52 bits per heavy atom. The Kier molecular flexibility index (Phi) is 5.62. The second-order valence-corrected chi connectivity index (χ2v) is 8.37. The van der Waals surface area contributed by atoms with Crippen molar-refractivity contribution < 1.29 is 14.4 Å². The summed E-state index contributed by atoms with van der Waals surface area (Å²) < 4.78 is 0. The van der Waals surface area contributed by atoms with Crippen molar-refractivity contribution >= 4 is 34.7 Å². The van der Waals surface area contributed by atoms with Gasteiger partial charge in [-0.15, -0.1) is 11.3 Å². The number of anilines is 1. The van der Waals surface area contributed by atoms with E-state index in [2.05, 4.69) is 4.98 Å². The van der Waals surface area contributed by atoms with Crippen molar-refractivity contribution in [3.63, 3.8) is 0 Å². The van der Waals surface area contributed by atoms with Gasteiger partial charge in [0.1, 0.15) is 5.01 Å². The number of piperazine rings is 1. The van der Waals surface area contributed by atoms with E-state index in [4.69, 9.17) is 0 Å². The van der Waals surface area contributed by atoms with Crippen LogP contribution >= 0.6 is 11.3 Å². The molecule has 152 valence electrons. The van der Waals surface area contributed by atoms with Crippen molar-refractivity contribution in [2.75, 3.05) is 37.6 Å². The number of benzene rings is 1. The highest BCUT2D eigenvalue weighted by molar-refractivity contribution is 7.09. The zero-order valence-electron chi connectivity index (χ0n) is 16.5. The van der Waals surface area contributed by atoms with Crippen LogP contribution in [0.4, 0.5) is 5.69 Å². The number of nitrogens with zero attached hydrogens (tertiary/aromatic N) is 4. The first-order chi connectivity index (χ1) is 14.0. The molecule has 4 rings (SSSR count). The lowest BCUT2D eigenvalue weighted by atomic mass is 10.1. The van der Waals surface area contributed by atoms with Crippen LogP contribution in [0.15, 0.2) is 29.6 Å². The molecule has 0 spiro atoms. The van der Waals surface area contributed by atoms with Gasteiger partial charge in [0.2, 0.25) is 11.8 Å². The molecule has 0 bridgehead atoms. The van der Waals surface area contributed by atoms with E-state index in [0.717, 1.165) is 22.8 Å². The molecule has 1 aromatic carbocycles. The van der Waals surface area contributed by atoms with Crippen LogP contribution in [0.5, 0.6) is 0 Å². The minimum atomic E-state index is -0.0545. The zero-order valence-corrected chi connectivity index (χ0v) is 17.3. The second kappa shape index (κ2) is 8.32. The molecule has 3 heterocycles. The third kappa shape index (κ3) is 4.32. The Hall–Kier alpha value is -2.74. The molecule has 2 saturated heterocycles. The Labute approximate surface area is 173 Å². The second-order valence-electron chi connectivity index (χ2n) is 7.43. The number of aromatic nitrogens is 1. The molecule has 0 radical (unpaired) electrons. The Bertz CT molecular complexity index is 934. The molecule has 2 aliphatic rings. The number of hydrogen-bond acceptors (Lipinski definition) is 5. The lowest BCUT2D eigenvalue weighted by molar-refractivity contribution is -0.131. The molecule has 0 aliphatic carbocycles. The predicted molar refractivity (Wildman–Crippen MR) is 111 cm³/mol. The molecule has 8 heteroatoms. The van der Waals surface area contributed by atoms with Crippen LogP contribution in [-0.4, -0.2) is 65.2 Å². The zero-order chi connectivity index (χ0) is 20.4. The minimum absolute atomic E-state index is 0.0545. The molecule has 2 aromatic rings. The largest absolute Gasteiger partial charge is 0.339 e. The van der Waals surface area contributed by atoms with E-state index in [1.54, 1.807) is 26.8 Å². The quantitative estimate of drug-likeness (QED) is 0.771. The maximum atomic E-state index is 12.9. The first-order valence-corrected chi connectivity index (χ1v) is 10.8. The van der Waals surface area contributed by atoms with Crippen molar-refractivity contribution in [2.24, 2.45) is 0 Å². The Morgan fingerprint density at radius 1 is 1.10 bits per heavy atom. The predicted octanol–water partition coefficient (Wildman–Crippen LogP) is 2.11. The van der Waals surface area contributed by atoms with Gasteiger partial charge in [0, 0.05) is 61.5 Å². The molecule has 7 nitrogen and oxygen atoms in total. The summed E-state index contributed by atoms with van der Waals surface area (Å²) in [4.78, 5) is 47.1. The summed E-state index contributed by atoms with van der Waals surface area (Å²) in [6.07, 6.45) is 1.74. The molecule has 1 aromatic heterocycles. The van der Waals surface area contributed by atoms with E-state index in [0.29, 0.717) is 51.1 Å². The first-order valence-electron chi connectivity index (χ1n) is 9.90. The van der Waals surface area contributed by atoms with Gasteiger partial charge in [0.05, 0.1) is 6.42 Å². The summed E-state index contributed by atoms with van der Waals surface area (Å²) in [7, 11) is 0. The van der Waals surface area contributed by atoms with Crippen LogP contribution in [0.25, 0.3) is 0 Å². The molecule has 3 amide bonds. The highest BCUT2D eigenvalue weighted by Crippen LogP contribution is 2.23. The summed E-state index contributed by atoms with van der Waals surface area (Å²) in [6, 6.07) is 7.28. The summed E-state index contributed by atoms with van der Waals surface area (Å²) in [6.45, 7) is 4.69. The smallest absolute Gasteiger partial charge is 0.254 e. The van der Waals surface area contributed by atoms with Crippen molar-refractivity contribution in [2.45, 2.75) is 26.2 Å². The van der Waals surface area contributed by atoms with E-state index in [9.17, 15) is 14.4 Å². The van der Waals surface area contributed by atoms with Crippen LogP contribution in [0.2, 0.25) is 0 Å². The molecule has 0 saturated carbocycles. The first kappa shape index (κ1) is 19.6. The molecule has 2 aliphatic heterocycles. The fraction of sp³-hybridized carbons (Fsp3) is 0.429. The van der Waals surface area contributed by atoms with Gasteiger partial charge in [-0.3, -0.25) is 14.4 Å². The molecule has 0 atom stereocenters. The van der Waals surface area contributed by atoms with Crippen LogP contribution < -0.4 is 4.90 Å². The number of carbonyl (C=O) groups excluding carboxylic acids is 3. The third-order valence-electron chi connectivity index (χ3n) is 5.37.